The molecule has 2 unspecified atom stereocenters. The van der Waals surface area contributed by atoms with Gasteiger partial charge in [-0.15, -0.1) is 0 Å². The van der Waals surface area contributed by atoms with Gasteiger partial charge in [0, 0.05) is 12.1 Å². The molecule has 1 N–H and O–H groups in total. The van der Waals surface area contributed by atoms with Crippen LogP contribution in [0.2, 0.25) is 0 Å². The van der Waals surface area contributed by atoms with Crippen LogP contribution in [0.15, 0.2) is 30.3 Å². The van der Waals surface area contributed by atoms with Gasteiger partial charge in [0.25, 0.3) is 0 Å². The quantitative estimate of drug-likeness (QED) is 0.908. The molecule has 0 radical (unpaired) electrons. The fourth-order valence-electron chi connectivity index (χ4n) is 2.90. The first kappa shape index (κ1) is 15.5. The Bertz CT molecular complexity index is 511. The van der Waals surface area contributed by atoms with Gasteiger partial charge in [0.1, 0.15) is 0 Å². The number of hydrogen-bond acceptors (Lipinski definition) is 3. The van der Waals surface area contributed by atoms with Crippen LogP contribution in [-0.2, 0) is 9.84 Å². The predicted octanol–water partition coefficient (Wildman–Crippen LogP) is 2.94. The largest absolute Gasteiger partial charge is 0.306 e. The van der Waals surface area contributed by atoms with Crippen molar-refractivity contribution >= 4 is 9.84 Å². The van der Waals surface area contributed by atoms with E-state index in [1.807, 2.05) is 18.2 Å². The zero-order valence-electron chi connectivity index (χ0n) is 12.4. The molecular formula is C16H25NO2S. The second-order valence-electron chi connectivity index (χ2n) is 6.21. The molecule has 4 heteroatoms. The summed E-state index contributed by atoms with van der Waals surface area (Å²) >= 11 is 0. The maximum absolute atomic E-state index is 11.8. The van der Waals surface area contributed by atoms with Crippen LogP contribution in [0.1, 0.15) is 44.7 Å². The van der Waals surface area contributed by atoms with Gasteiger partial charge in [0.2, 0.25) is 0 Å². The molecule has 0 aliphatic carbocycles. The number of hydrogen-bond donors (Lipinski definition) is 1. The molecule has 1 saturated heterocycles. The van der Waals surface area contributed by atoms with Crippen molar-refractivity contribution in [2.45, 2.75) is 45.2 Å². The van der Waals surface area contributed by atoms with Gasteiger partial charge in [-0.1, -0.05) is 44.2 Å². The molecule has 1 aliphatic rings. The lowest BCUT2D eigenvalue weighted by molar-refractivity contribution is 0.372. The molecule has 3 nitrogen and oxygen atoms in total. The molecular weight excluding hydrogens is 270 g/mol. The predicted molar refractivity (Wildman–Crippen MR) is 83.4 cm³/mol. The zero-order chi connectivity index (χ0) is 14.6. The summed E-state index contributed by atoms with van der Waals surface area (Å²) in [4.78, 5) is 0. The smallest absolute Gasteiger partial charge is 0.151 e. The molecule has 1 aliphatic heterocycles. The molecule has 1 aromatic rings. The number of sulfone groups is 1. The molecule has 20 heavy (non-hydrogen) atoms. The van der Waals surface area contributed by atoms with E-state index >= 15 is 0 Å². The van der Waals surface area contributed by atoms with E-state index in [1.165, 1.54) is 5.56 Å². The van der Waals surface area contributed by atoms with E-state index in [0.29, 0.717) is 11.7 Å². The highest BCUT2D eigenvalue weighted by atomic mass is 32.2. The normalized spacial score (nSPS) is 23.6. The first-order chi connectivity index (χ1) is 9.46. The van der Waals surface area contributed by atoms with Crippen LogP contribution < -0.4 is 5.32 Å². The van der Waals surface area contributed by atoms with Crippen molar-refractivity contribution in [2.24, 2.45) is 5.92 Å². The minimum absolute atomic E-state index is 0.0951. The van der Waals surface area contributed by atoms with Crippen molar-refractivity contribution in [1.82, 2.24) is 5.32 Å². The second-order valence-corrected chi connectivity index (χ2v) is 8.44. The minimum atomic E-state index is -2.85. The Hall–Kier alpha value is -0.870. The van der Waals surface area contributed by atoms with Gasteiger partial charge < -0.3 is 5.32 Å². The lowest BCUT2D eigenvalue weighted by Crippen LogP contribution is -2.42. The fraction of sp³-hybridized carbons (Fsp3) is 0.625. The molecule has 112 valence electrons. The van der Waals surface area contributed by atoms with Crippen LogP contribution in [0.3, 0.4) is 0 Å². The third-order valence-electron chi connectivity index (χ3n) is 3.81. The van der Waals surface area contributed by atoms with Crippen LogP contribution >= 0.6 is 0 Å². The molecule has 0 aromatic heterocycles. The van der Waals surface area contributed by atoms with E-state index in [0.717, 1.165) is 19.3 Å². The number of nitrogens with one attached hydrogen (secondary N) is 1. The SMILES string of the molecule is CC(C)CC(NC1CCCS(=O)(=O)C1)c1ccccc1. The monoisotopic (exact) mass is 295 g/mol. The molecule has 0 spiro atoms. The summed E-state index contributed by atoms with van der Waals surface area (Å²) < 4.78 is 23.5. The van der Waals surface area contributed by atoms with Crippen molar-refractivity contribution in [1.29, 1.82) is 0 Å². The van der Waals surface area contributed by atoms with Crippen LogP contribution in [0.4, 0.5) is 0 Å². The van der Waals surface area contributed by atoms with Crippen LogP contribution in [-0.4, -0.2) is 26.0 Å². The molecule has 1 heterocycles. The highest BCUT2D eigenvalue weighted by Gasteiger charge is 2.27. The minimum Gasteiger partial charge on any atom is -0.306 e. The van der Waals surface area contributed by atoms with Gasteiger partial charge >= 0.3 is 0 Å². The number of rotatable bonds is 5. The van der Waals surface area contributed by atoms with Crippen molar-refractivity contribution < 1.29 is 8.42 Å². The third-order valence-corrected chi connectivity index (χ3v) is 5.63. The number of benzene rings is 1. The standard InChI is InChI=1S/C16H25NO2S/c1-13(2)11-16(14-7-4-3-5-8-14)17-15-9-6-10-20(18,19)12-15/h3-5,7-8,13,15-17H,6,9-12H2,1-2H3. The highest BCUT2D eigenvalue weighted by Crippen LogP contribution is 2.24. The van der Waals surface area contributed by atoms with Crippen molar-refractivity contribution in [3.8, 4) is 0 Å². The summed E-state index contributed by atoms with van der Waals surface area (Å²) in [5.74, 6) is 1.22. The summed E-state index contributed by atoms with van der Waals surface area (Å²) in [7, 11) is -2.85. The van der Waals surface area contributed by atoms with Gasteiger partial charge in [-0.05, 0) is 30.7 Å². The van der Waals surface area contributed by atoms with Gasteiger partial charge in [-0.3, -0.25) is 0 Å². The van der Waals surface area contributed by atoms with E-state index in [-0.39, 0.29) is 17.8 Å². The van der Waals surface area contributed by atoms with Crippen LogP contribution in [0.25, 0.3) is 0 Å². The summed E-state index contributed by atoms with van der Waals surface area (Å²) in [5.41, 5.74) is 1.25. The first-order valence-electron chi connectivity index (χ1n) is 7.48. The molecule has 0 amide bonds. The van der Waals surface area contributed by atoms with Crippen molar-refractivity contribution in [3.63, 3.8) is 0 Å². The average Bonchev–Trinajstić information content (AvgIpc) is 2.37. The topological polar surface area (TPSA) is 46.2 Å². The van der Waals surface area contributed by atoms with Crippen LogP contribution in [0, 0.1) is 5.92 Å². The van der Waals surface area contributed by atoms with E-state index in [2.05, 4.69) is 31.3 Å². The van der Waals surface area contributed by atoms with Gasteiger partial charge in [-0.2, -0.15) is 0 Å². The maximum atomic E-state index is 11.8. The third kappa shape index (κ3) is 4.60. The Balaban J connectivity index is 2.08. The van der Waals surface area contributed by atoms with Gasteiger partial charge in [0.15, 0.2) is 9.84 Å². The van der Waals surface area contributed by atoms with E-state index < -0.39 is 9.84 Å². The molecule has 2 rings (SSSR count). The first-order valence-corrected chi connectivity index (χ1v) is 9.30. The Labute approximate surface area is 122 Å². The summed E-state index contributed by atoms with van der Waals surface area (Å²) in [6.07, 6.45) is 2.77. The summed E-state index contributed by atoms with van der Waals surface area (Å²) in [5, 5.41) is 3.58. The lowest BCUT2D eigenvalue weighted by Gasteiger charge is -2.29. The van der Waals surface area contributed by atoms with Gasteiger partial charge in [-0.25, -0.2) is 8.42 Å². The molecule has 0 saturated carbocycles. The van der Waals surface area contributed by atoms with Gasteiger partial charge in [0.05, 0.1) is 11.5 Å². The van der Waals surface area contributed by atoms with E-state index in [4.69, 9.17) is 0 Å². The average molecular weight is 295 g/mol. The Kier molecular flexibility index (Phi) is 5.22. The maximum Gasteiger partial charge on any atom is 0.151 e. The van der Waals surface area contributed by atoms with Crippen molar-refractivity contribution in [2.75, 3.05) is 11.5 Å². The highest BCUT2D eigenvalue weighted by molar-refractivity contribution is 7.91. The molecule has 0 bridgehead atoms. The lowest BCUT2D eigenvalue weighted by atomic mass is 9.96. The Morgan fingerprint density at radius 3 is 2.55 bits per heavy atom. The zero-order valence-corrected chi connectivity index (χ0v) is 13.2. The molecule has 1 aromatic carbocycles. The van der Waals surface area contributed by atoms with E-state index in [1.54, 1.807) is 0 Å². The molecule has 1 fully saturated rings. The summed E-state index contributed by atoms with van der Waals surface area (Å²) in [6, 6.07) is 10.7. The Morgan fingerprint density at radius 2 is 1.95 bits per heavy atom. The summed E-state index contributed by atoms with van der Waals surface area (Å²) in [6.45, 7) is 4.41. The van der Waals surface area contributed by atoms with Crippen molar-refractivity contribution in [3.05, 3.63) is 35.9 Å². The Morgan fingerprint density at radius 1 is 1.25 bits per heavy atom. The second kappa shape index (κ2) is 6.72. The van der Waals surface area contributed by atoms with Crippen LogP contribution in [0.5, 0.6) is 0 Å². The molecule has 2 atom stereocenters. The van der Waals surface area contributed by atoms with E-state index in [9.17, 15) is 8.42 Å². The fourth-order valence-corrected chi connectivity index (χ4v) is 4.55.